The van der Waals surface area contributed by atoms with Crippen LogP contribution in [0.5, 0.6) is 0 Å². The Labute approximate surface area is 123 Å². The molecule has 1 aromatic carbocycles. The topological polar surface area (TPSA) is 41.1 Å². The predicted octanol–water partition coefficient (Wildman–Crippen LogP) is 3.70. The molecule has 0 saturated carbocycles. The maximum Gasteiger partial charge on any atom is 0.225 e. The van der Waals surface area contributed by atoms with Crippen molar-refractivity contribution in [3.63, 3.8) is 0 Å². The van der Waals surface area contributed by atoms with E-state index in [-0.39, 0.29) is 11.3 Å². The van der Waals surface area contributed by atoms with E-state index in [9.17, 15) is 4.79 Å². The number of anilines is 1. The third kappa shape index (κ3) is 6.20. The minimum atomic E-state index is 0.0671. The molecule has 1 aromatic rings. The van der Waals surface area contributed by atoms with Gasteiger partial charge >= 0.3 is 0 Å². The standard InChI is InChI=1S/C17H28N2O/c1-5-6-12-18-13-11-16(20)19-15-9-7-14(8-10-15)17(2,3)4/h7-10,18H,5-6,11-13H2,1-4H3,(H,19,20). The summed E-state index contributed by atoms with van der Waals surface area (Å²) in [5.74, 6) is 0.0671. The van der Waals surface area contributed by atoms with Crippen LogP contribution < -0.4 is 10.6 Å². The number of carbonyl (C=O) groups excluding carboxylic acids is 1. The molecule has 0 saturated heterocycles. The van der Waals surface area contributed by atoms with Crippen molar-refractivity contribution in [2.75, 3.05) is 18.4 Å². The lowest BCUT2D eigenvalue weighted by Crippen LogP contribution is -2.22. The Balaban J connectivity index is 2.35. The first-order chi connectivity index (χ1) is 9.43. The van der Waals surface area contributed by atoms with Crippen LogP contribution in [-0.4, -0.2) is 19.0 Å². The molecular formula is C17H28N2O. The summed E-state index contributed by atoms with van der Waals surface area (Å²) in [5, 5.41) is 6.20. The van der Waals surface area contributed by atoms with Gasteiger partial charge in [0.05, 0.1) is 0 Å². The van der Waals surface area contributed by atoms with Crippen LogP contribution in [0.4, 0.5) is 5.69 Å². The number of unbranched alkanes of at least 4 members (excludes halogenated alkanes) is 1. The van der Waals surface area contributed by atoms with Gasteiger partial charge in [0.1, 0.15) is 0 Å². The quantitative estimate of drug-likeness (QED) is 0.746. The Hall–Kier alpha value is -1.35. The number of benzene rings is 1. The minimum Gasteiger partial charge on any atom is -0.326 e. The first-order valence-electron chi connectivity index (χ1n) is 7.54. The van der Waals surface area contributed by atoms with Gasteiger partial charge in [-0.3, -0.25) is 4.79 Å². The highest BCUT2D eigenvalue weighted by atomic mass is 16.1. The molecule has 0 unspecified atom stereocenters. The minimum absolute atomic E-state index is 0.0671. The zero-order valence-corrected chi connectivity index (χ0v) is 13.3. The summed E-state index contributed by atoms with van der Waals surface area (Å²) in [6.45, 7) is 10.4. The van der Waals surface area contributed by atoms with Gasteiger partial charge in [0.15, 0.2) is 0 Å². The molecule has 1 rings (SSSR count). The highest BCUT2D eigenvalue weighted by Crippen LogP contribution is 2.23. The van der Waals surface area contributed by atoms with Crippen LogP contribution in [0.1, 0.15) is 52.5 Å². The lowest BCUT2D eigenvalue weighted by atomic mass is 9.87. The maximum atomic E-state index is 11.8. The number of nitrogens with one attached hydrogen (secondary N) is 2. The molecule has 0 radical (unpaired) electrons. The largest absolute Gasteiger partial charge is 0.326 e. The Kier molecular flexibility index (Phi) is 6.73. The number of carbonyl (C=O) groups is 1. The zero-order valence-electron chi connectivity index (χ0n) is 13.3. The molecule has 1 amide bonds. The molecule has 0 atom stereocenters. The molecule has 112 valence electrons. The van der Waals surface area contributed by atoms with Crippen LogP contribution in [0.2, 0.25) is 0 Å². The third-order valence-corrected chi connectivity index (χ3v) is 3.27. The summed E-state index contributed by atoms with van der Waals surface area (Å²) in [7, 11) is 0. The second-order valence-corrected chi connectivity index (χ2v) is 6.23. The zero-order chi connectivity index (χ0) is 15.0. The van der Waals surface area contributed by atoms with E-state index < -0.39 is 0 Å². The smallest absolute Gasteiger partial charge is 0.225 e. The van der Waals surface area contributed by atoms with Crippen molar-refractivity contribution in [2.45, 2.75) is 52.4 Å². The predicted molar refractivity (Wildman–Crippen MR) is 86.2 cm³/mol. The van der Waals surface area contributed by atoms with E-state index in [2.05, 4.69) is 50.5 Å². The lowest BCUT2D eigenvalue weighted by molar-refractivity contribution is -0.116. The summed E-state index contributed by atoms with van der Waals surface area (Å²) in [4.78, 5) is 11.8. The molecule has 0 aromatic heterocycles. The molecule has 20 heavy (non-hydrogen) atoms. The average Bonchev–Trinajstić information content (AvgIpc) is 2.38. The fraction of sp³-hybridized carbons (Fsp3) is 0.588. The summed E-state index contributed by atoms with van der Waals surface area (Å²) in [6, 6.07) is 8.11. The van der Waals surface area contributed by atoms with Crippen molar-refractivity contribution in [2.24, 2.45) is 0 Å². The molecule has 0 bridgehead atoms. The molecule has 3 heteroatoms. The Bertz CT molecular complexity index is 404. The van der Waals surface area contributed by atoms with Gasteiger partial charge in [-0.05, 0) is 36.1 Å². The van der Waals surface area contributed by atoms with Crippen molar-refractivity contribution >= 4 is 11.6 Å². The van der Waals surface area contributed by atoms with Gasteiger partial charge in [0.2, 0.25) is 5.91 Å². The van der Waals surface area contributed by atoms with E-state index in [0.717, 1.165) is 25.2 Å². The highest BCUT2D eigenvalue weighted by molar-refractivity contribution is 5.90. The van der Waals surface area contributed by atoms with E-state index in [1.54, 1.807) is 0 Å². The van der Waals surface area contributed by atoms with Crippen LogP contribution in [0.15, 0.2) is 24.3 Å². The van der Waals surface area contributed by atoms with E-state index in [1.165, 1.54) is 12.0 Å². The van der Waals surface area contributed by atoms with Gasteiger partial charge in [-0.1, -0.05) is 46.2 Å². The monoisotopic (exact) mass is 276 g/mol. The van der Waals surface area contributed by atoms with Gasteiger partial charge in [-0.2, -0.15) is 0 Å². The first kappa shape index (κ1) is 16.7. The number of amides is 1. The van der Waals surface area contributed by atoms with Crippen LogP contribution >= 0.6 is 0 Å². The molecule has 0 spiro atoms. The van der Waals surface area contributed by atoms with Crippen LogP contribution in [0.25, 0.3) is 0 Å². The normalized spacial score (nSPS) is 11.4. The van der Waals surface area contributed by atoms with Gasteiger partial charge in [-0.15, -0.1) is 0 Å². The van der Waals surface area contributed by atoms with Crippen molar-refractivity contribution in [3.05, 3.63) is 29.8 Å². The maximum absolute atomic E-state index is 11.8. The second-order valence-electron chi connectivity index (χ2n) is 6.23. The van der Waals surface area contributed by atoms with Crippen molar-refractivity contribution in [1.29, 1.82) is 0 Å². The van der Waals surface area contributed by atoms with Crippen LogP contribution in [-0.2, 0) is 10.2 Å². The summed E-state index contributed by atoms with van der Waals surface area (Å²) >= 11 is 0. The number of hydrogen-bond donors (Lipinski definition) is 2. The molecule has 2 N–H and O–H groups in total. The van der Waals surface area contributed by atoms with E-state index >= 15 is 0 Å². The fourth-order valence-corrected chi connectivity index (χ4v) is 1.91. The fourth-order valence-electron chi connectivity index (χ4n) is 1.91. The molecular weight excluding hydrogens is 248 g/mol. The molecule has 0 aliphatic carbocycles. The van der Waals surface area contributed by atoms with E-state index in [0.29, 0.717) is 6.42 Å². The van der Waals surface area contributed by atoms with Crippen molar-refractivity contribution in [3.8, 4) is 0 Å². The average molecular weight is 276 g/mol. The molecule has 3 nitrogen and oxygen atoms in total. The summed E-state index contributed by atoms with van der Waals surface area (Å²) in [5.41, 5.74) is 2.29. The van der Waals surface area contributed by atoms with Gasteiger partial charge in [0.25, 0.3) is 0 Å². The van der Waals surface area contributed by atoms with Crippen LogP contribution in [0.3, 0.4) is 0 Å². The van der Waals surface area contributed by atoms with Gasteiger partial charge in [0, 0.05) is 18.7 Å². The Morgan fingerprint density at radius 2 is 1.75 bits per heavy atom. The highest BCUT2D eigenvalue weighted by Gasteiger charge is 2.13. The number of rotatable bonds is 7. The summed E-state index contributed by atoms with van der Waals surface area (Å²) in [6.07, 6.45) is 2.86. The van der Waals surface area contributed by atoms with Crippen molar-refractivity contribution in [1.82, 2.24) is 5.32 Å². The molecule has 0 fully saturated rings. The van der Waals surface area contributed by atoms with E-state index in [4.69, 9.17) is 0 Å². The van der Waals surface area contributed by atoms with Gasteiger partial charge in [-0.25, -0.2) is 0 Å². The number of hydrogen-bond acceptors (Lipinski definition) is 2. The third-order valence-electron chi connectivity index (χ3n) is 3.27. The molecule has 0 heterocycles. The Morgan fingerprint density at radius 3 is 2.30 bits per heavy atom. The second kappa shape index (κ2) is 8.05. The lowest BCUT2D eigenvalue weighted by Gasteiger charge is -2.19. The molecule has 0 aliphatic rings. The Morgan fingerprint density at radius 1 is 1.10 bits per heavy atom. The summed E-state index contributed by atoms with van der Waals surface area (Å²) < 4.78 is 0. The first-order valence-corrected chi connectivity index (χ1v) is 7.54. The van der Waals surface area contributed by atoms with E-state index in [1.807, 2.05) is 12.1 Å². The van der Waals surface area contributed by atoms with Gasteiger partial charge < -0.3 is 10.6 Å². The SMILES string of the molecule is CCCCNCCC(=O)Nc1ccc(C(C)(C)C)cc1. The van der Waals surface area contributed by atoms with Crippen LogP contribution in [0, 0.1) is 0 Å². The van der Waals surface area contributed by atoms with Crippen molar-refractivity contribution < 1.29 is 4.79 Å². The molecule has 0 aliphatic heterocycles.